The number of alkyl halides is 2. The lowest BCUT2D eigenvalue weighted by atomic mass is 10.2. The van der Waals surface area contributed by atoms with Gasteiger partial charge in [-0.1, -0.05) is 0 Å². The number of carbonyl (C=O) groups excluding carboxylic acids is 1. The molecule has 1 aromatic heterocycles. The third kappa shape index (κ3) is 2.06. The molecule has 0 radical (unpaired) electrons. The van der Waals surface area contributed by atoms with Crippen LogP contribution in [0, 0.1) is 6.92 Å². The molecule has 0 aliphatic heterocycles. The molecule has 0 fully saturated rings. The zero-order valence-electron chi connectivity index (χ0n) is 7.22. The summed E-state index contributed by atoms with van der Waals surface area (Å²) in [7, 11) is 0. The molecule has 2 N–H and O–H groups in total. The van der Waals surface area contributed by atoms with Crippen molar-refractivity contribution in [2.75, 3.05) is 0 Å². The second kappa shape index (κ2) is 4.00. The van der Waals surface area contributed by atoms with Crippen LogP contribution in [-0.2, 0) is 0 Å². The molecule has 0 atom stereocenters. The lowest BCUT2D eigenvalue weighted by Gasteiger charge is -2.06. The van der Waals surface area contributed by atoms with Crippen LogP contribution in [0.4, 0.5) is 8.78 Å². The van der Waals surface area contributed by atoms with Crippen molar-refractivity contribution in [2.24, 2.45) is 5.73 Å². The van der Waals surface area contributed by atoms with Gasteiger partial charge >= 0.3 is 0 Å². The second-order valence-corrected chi connectivity index (χ2v) is 3.48. The van der Waals surface area contributed by atoms with Crippen molar-refractivity contribution < 1.29 is 13.6 Å². The van der Waals surface area contributed by atoms with E-state index in [9.17, 15) is 13.6 Å². The van der Waals surface area contributed by atoms with E-state index >= 15 is 0 Å². The maximum Gasteiger partial charge on any atom is 0.280 e. The van der Waals surface area contributed by atoms with Crippen LogP contribution in [0.2, 0.25) is 0 Å². The molecule has 0 saturated heterocycles. The van der Waals surface area contributed by atoms with Gasteiger partial charge in [-0.25, -0.2) is 13.8 Å². The summed E-state index contributed by atoms with van der Waals surface area (Å²) in [6.45, 7) is 1.59. The standard InChI is InChI=1S/C8H7BrF2N2O/c1-3-2-4(7(10)11)13-6(5(3)9)8(12)14/h2,7H,1H3,(H2,12,14). The molecule has 6 heteroatoms. The highest BCUT2D eigenvalue weighted by Crippen LogP contribution is 2.25. The highest BCUT2D eigenvalue weighted by molar-refractivity contribution is 9.10. The van der Waals surface area contributed by atoms with Gasteiger partial charge in [-0.3, -0.25) is 4.79 Å². The highest BCUT2D eigenvalue weighted by Gasteiger charge is 2.16. The summed E-state index contributed by atoms with van der Waals surface area (Å²) in [6, 6.07) is 1.21. The topological polar surface area (TPSA) is 56.0 Å². The number of amides is 1. The van der Waals surface area contributed by atoms with E-state index in [0.717, 1.165) is 0 Å². The van der Waals surface area contributed by atoms with Crippen molar-refractivity contribution in [2.45, 2.75) is 13.3 Å². The number of hydrogen-bond donors (Lipinski definition) is 1. The Morgan fingerprint density at radius 3 is 2.64 bits per heavy atom. The molecule has 1 amide bonds. The average molecular weight is 265 g/mol. The normalized spacial score (nSPS) is 10.6. The van der Waals surface area contributed by atoms with E-state index in [1.807, 2.05) is 0 Å². The van der Waals surface area contributed by atoms with Gasteiger partial charge in [-0.05, 0) is 34.5 Å². The van der Waals surface area contributed by atoms with Crippen molar-refractivity contribution in [3.05, 3.63) is 27.5 Å². The molecular weight excluding hydrogens is 258 g/mol. The first-order valence-corrected chi connectivity index (χ1v) is 4.47. The Labute approximate surface area is 87.4 Å². The van der Waals surface area contributed by atoms with Gasteiger partial charge in [0, 0.05) is 0 Å². The van der Waals surface area contributed by atoms with E-state index in [2.05, 4.69) is 20.9 Å². The van der Waals surface area contributed by atoms with Crippen LogP contribution in [-0.4, -0.2) is 10.9 Å². The molecule has 14 heavy (non-hydrogen) atoms. The number of rotatable bonds is 2. The Kier molecular flexibility index (Phi) is 3.15. The van der Waals surface area contributed by atoms with E-state index in [-0.39, 0.29) is 5.69 Å². The number of primary amides is 1. The molecule has 0 bridgehead atoms. The van der Waals surface area contributed by atoms with Crippen LogP contribution in [0.15, 0.2) is 10.5 Å². The zero-order chi connectivity index (χ0) is 10.9. The summed E-state index contributed by atoms with van der Waals surface area (Å²) >= 11 is 3.06. The molecule has 0 saturated carbocycles. The number of nitrogens with zero attached hydrogens (tertiary/aromatic N) is 1. The maximum absolute atomic E-state index is 12.3. The zero-order valence-corrected chi connectivity index (χ0v) is 8.81. The smallest absolute Gasteiger partial charge is 0.280 e. The summed E-state index contributed by atoms with van der Waals surface area (Å²) in [5, 5.41) is 0. The number of carbonyl (C=O) groups is 1. The van der Waals surface area contributed by atoms with Crippen molar-refractivity contribution in [3.8, 4) is 0 Å². The van der Waals surface area contributed by atoms with Gasteiger partial charge < -0.3 is 5.73 Å². The van der Waals surface area contributed by atoms with Crippen LogP contribution in [0.25, 0.3) is 0 Å². The number of halogens is 3. The molecule has 1 aromatic rings. The second-order valence-electron chi connectivity index (χ2n) is 2.69. The van der Waals surface area contributed by atoms with Crippen LogP contribution >= 0.6 is 15.9 Å². The minimum absolute atomic E-state index is 0.166. The first-order chi connectivity index (χ1) is 6.43. The molecule has 76 valence electrons. The number of aromatic nitrogens is 1. The quantitative estimate of drug-likeness (QED) is 0.891. The predicted octanol–water partition coefficient (Wildman–Crippen LogP) is 2.19. The number of aryl methyl sites for hydroxylation is 1. The Morgan fingerprint density at radius 2 is 2.21 bits per heavy atom. The fourth-order valence-electron chi connectivity index (χ4n) is 0.957. The Morgan fingerprint density at radius 1 is 1.64 bits per heavy atom. The monoisotopic (exact) mass is 264 g/mol. The molecule has 0 aliphatic rings. The van der Waals surface area contributed by atoms with E-state index in [4.69, 9.17) is 5.73 Å². The SMILES string of the molecule is Cc1cc(C(F)F)nc(C(N)=O)c1Br. The molecule has 0 aromatic carbocycles. The van der Waals surface area contributed by atoms with Gasteiger partial charge in [0.1, 0.15) is 11.4 Å². The largest absolute Gasteiger partial charge is 0.364 e. The van der Waals surface area contributed by atoms with Crippen LogP contribution in [0.3, 0.4) is 0 Å². The van der Waals surface area contributed by atoms with E-state index < -0.39 is 18.0 Å². The molecule has 1 heterocycles. The van der Waals surface area contributed by atoms with Gasteiger partial charge in [0.15, 0.2) is 0 Å². The summed E-state index contributed by atoms with van der Waals surface area (Å²) in [5.74, 6) is -0.831. The van der Waals surface area contributed by atoms with Crippen LogP contribution in [0.1, 0.15) is 28.2 Å². The summed E-state index contributed by atoms with van der Waals surface area (Å²) < 4.78 is 24.9. The fraction of sp³-hybridized carbons (Fsp3) is 0.250. The van der Waals surface area contributed by atoms with Gasteiger partial charge in [0.25, 0.3) is 12.3 Å². The van der Waals surface area contributed by atoms with Crippen molar-refractivity contribution in [1.82, 2.24) is 4.98 Å². The van der Waals surface area contributed by atoms with Crippen LogP contribution in [0.5, 0.6) is 0 Å². The molecule has 0 aliphatic carbocycles. The first-order valence-electron chi connectivity index (χ1n) is 3.68. The average Bonchev–Trinajstić information content (AvgIpc) is 2.08. The Balaban J connectivity index is 3.35. The summed E-state index contributed by atoms with van der Waals surface area (Å²) in [5.41, 5.74) is 4.87. The fourth-order valence-corrected chi connectivity index (χ4v) is 1.36. The van der Waals surface area contributed by atoms with Crippen molar-refractivity contribution >= 4 is 21.8 Å². The summed E-state index contributed by atoms with van der Waals surface area (Å²) in [4.78, 5) is 14.3. The van der Waals surface area contributed by atoms with Crippen LogP contribution < -0.4 is 5.73 Å². The molecular formula is C8H7BrF2N2O. The van der Waals surface area contributed by atoms with E-state index in [0.29, 0.717) is 10.0 Å². The van der Waals surface area contributed by atoms with Gasteiger partial charge in [-0.2, -0.15) is 0 Å². The van der Waals surface area contributed by atoms with Gasteiger partial charge in [-0.15, -0.1) is 0 Å². The molecule has 3 nitrogen and oxygen atoms in total. The molecule has 0 spiro atoms. The lowest BCUT2D eigenvalue weighted by Crippen LogP contribution is -2.15. The van der Waals surface area contributed by atoms with E-state index in [1.54, 1.807) is 6.92 Å². The Hall–Kier alpha value is -1.04. The molecule has 0 unspecified atom stereocenters. The summed E-state index contributed by atoms with van der Waals surface area (Å²) in [6.07, 6.45) is -2.71. The Bertz CT molecular complexity index is 382. The molecule has 1 rings (SSSR count). The lowest BCUT2D eigenvalue weighted by molar-refractivity contribution is 0.0992. The third-order valence-corrected chi connectivity index (χ3v) is 2.62. The van der Waals surface area contributed by atoms with E-state index in [1.165, 1.54) is 6.07 Å². The van der Waals surface area contributed by atoms with Gasteiger partial charge in [0.2, 0.25) is 0 Å². The first kappa shape index (κ1) is 11.0. The minimum atomic E-state index is -2.71. The number of nitrogens with two attached hydrogens (primary N) is 1. The maximum atomic E-state index is 12.3. The van der Waals surface area contributed by atoms with Gasteiger partial charge in [0.05, 0.1) is 4.47 Å². The number of hydrogen-bond acceptors (Lipinski definition) is 2. The van der Waals surface area contributed by atoms with Crippen molar-refractivity contribution in [1.29, 1.82) is 0 Å². The minimum Gasteiger partial charge on any atom is -0.364 e. The predicted molar refractivity (Wildman–Crippen MR) is 50.1 cm³/mol. The third-order valence-electron chi connectivity index (χ3n) is 1.62. The van der Waals surface area contributed by atoms with Crippen molar-refractivity contribution in [3.63, 3.8) is 0 Å². The number of pyridine rings is 1. The highest BCUT2D eigenvalue weighted by atomic mass is 79.9.